The molecule has 20 heavy (non-hydrogen) atoms. The molecule has 0 spiro atoms. The van der Waals surface area contributed by atoms with E-state index in [2.05, 4.69) is 15.0 Å². The number of carbonyl (C=O) groups is 1. The van der Waals surface area contributed by atoms with Crippen LogP contribution in [0.5, 0.6) is 0 Å². The van der Waals surface area contributed by atoms with Crippen molar-refractivity contribution in [3.8, 4) is 0 Å². The SMILES string of the molecule is CO[C@H]([C@H](O)[C@H](O)Cn1cc(C(N)=O)nn1)P(=O)(O)O. The maximum Gasteiger partial charge on any atom is 0.356 e. The molecule has 3 atom stereocenters. The van der Waals surface area contributed by atoms with E-state index in [1.54, 1.807) is 0 Å². The monoisotopic (exact) mass is 310 g/mol. The van der Waals surface area contributed by atoms with E-state index < -0.39 is 31.6 Å². The van der Waals surface area contributed by atoms with Gasteiger partial charge in [-0.25, -0.2) is 4.68 Å². The summed E-state index contributed by atoms with van der Waals surface area (Å²) in [7, 11) is -3.77. The average molecular weight is 310 g/mol. The Morgan fingerprint density at radius 3 is 2.55 bits per heavy atom. The number of ether oxygens (including phenoxy) is 1. The third kappa shape index (κ3) is 4.07. The Hall–Kier alpha value is -1.36. The highest BCUT2D eigenvalue weighted by Crippen LogP contribution is 2.43. The summed E-state index contributed by atoms with van der Waals surface area (Å²) in [6, 6.07) is 0. The van der Waals surface area contributed by atoms with Crippen molar-refractivity contribution in [1.82, 2.24) is 15.0 Å². The molecule has 1 amide bonds. The van der Waals surface area contributed by atoms with Crippen LogP contribution in [0.2, 0.25) is 0 Å². The molecule has 114 valence electrons. The number of aliphatic hydroxyl groups is 2. The van der Waals surface area contributed by atoms with Crippen molar-refractivity contribution in [2.24, 2.45) is 5.73 Å². The first-order valence-corrected chi connectivity index (χ1v) is 6.99. The van der Waals surface area contributed by atoms with Crippen molar-refractivity contribution in [2.45, 2.75) is 24.6 Å². The van der Waals surface area contributed by atoms with Gasteiger partial charge in [-0.15, -0.1) is 5.10 Å². The van der Waals surface area contributed by atoms with Gasteiger partial charge in [0.1, 0.15) is 12.2 Å². The minimum Gasteiger partial charge on any atom is -0.388 e. The molecule has 1 aromatic heterocycles. The minimum atomic E-state index is -4.75. The molecule has 0 bridgehead atoms. The van der Waals surface area contributed by atoms with Crippen molar-refractivity contribution < 1.29 is 34.1 Å². The lowest BCUT2D eigenvalue weighted by molar-refractivity contribution is -0.0579. The van der Waals surface area contributed by atoms with Crippen molar-refractivity contribution in [3.05, 3.63) is 11.9 Å². The summed E-state index contributed by atoms with van der Waals surface area (Å²) in [6.07, 6.45) is -2.34. The number of amides is 1. The predicted molar refractivity (Wildman–Crippen MR) is 63.4 cm³/mol. The Morgan fingerprint density at radius 1 is 1.55 bits per heavy atom. The number of aromatic nitrogens is 3. The molecule has 0 aliphatic carbocycles. The van der Waals surface area contributed by atoms with E-state index in [0.29, 0.717) is 0 Å². The zero-order valence-electron chi connectivity index (χ0n) is 10.4. The molecule has 0 unspecified atom stereocenters. The van der Waals surface area contributed by atoms with Crippen LogP contribution in [0.15, 0.2) is 6.20 Å². The highest BCUT2D eigenvalue weighted by atomic mass is 31.2. The first-order valence-electron chi connectivity index (χ1n) is 5.31. The van der Waals surface area contributed by atoms with Crippen LogP contribution in [-0.4, -0.2) is 66.1 Å². The van der Waals surface area contributed by atoms with Gasteiger partial charge in [0.15, 0.2) is 11.5 Å². The fourth-order valence-corrected chi connectivity index (χ4v) is 2.34. The molecule has 1 heterocycles. The smallest absolute Gasteiger partial charge is 0.356 e. The topological polar surface area (TPSA) is 181 Å². The lowest BCUT2D eigenvalue weighted by Gasteiger charge is -2.25. The molecule has 0 saturated carbocycles. The van der Waals surface area contributed by atoms with E-state index >= 15 is 0 Å². The molecule has 12 heteroatoms. The summed E-state index contributed by atoms with van der Waals surface area (Å²) in [4.78, 5) is 28.7. The molecule has 0 aromatic carbocycles. The van der Waals surface area contributed by atoms with Gasteiger partial charge in [-0.1, -0.05) is 5.21 Å². The molecule has 1 rings (SSSR count). The van der Waals surface area contributed by atoms with Crippen LogP contribution in [-0.2, 0) is 15.8 Å². The van der Waals surface area contributed by atoms with E-state index in [1.807, 2.05) is 0 Å². The second kappa shape index (κ2) is 6.39. The number of primary amides is 1. The molecule has 11 nitrogen and oxygen atoms in total. The minimum absolute atomic E-state index is 0.148. The summed E-state index contributed by atoms with van der Waals surface area (Å²) in [6.45, 7) is -0.360. The Labute approximate surface area is 113 Å². The standard InChI is InChI=1S/C8H15N4O7P/c1-19-8(20(16,17)18)6(14)5(13)3-12-2-4(7(9)15)10-11-12/h2,5-6,8,13-14H,3H2,1H3,(H2,9,15)(H2,16,17,18)/t5-,6-,8+/m1/s1. The van der Waals surface area contributed by atoms with Gasteiger partial charge in [0.2, 0.25) is 0 Å². The second-order valence-electron chi connectivity index (χ2n) is 3.96. The predicted octanol–water partition coefficient (Wildman–Crippen LogP) is -2.75. The molecule has 6 N–H and O–H groups in total. The zero-order chi connectivity index (χ0) is 15.5. The van der Waals surface area contributed by atoms with Gasteiger partial charge >= 0.3 is 7.60 Å². The van der Waals surface area contributed by atoms with Crippen LogP contribution < -0.4 is 5.73 Å². The third-order valence-electron chi connectivity index (χ3n) is 2.42. The summed E-state index contributed by atoms with van der Waals surface area (Å²) in [5.74, 6) is -2.70. The van der Waals surface area contributed by atoms with Crippen LogP contribution in [0, 0.1) is 0 Å². The normalized spacial score (nSPS) is 16.6. The average Bonchev–Trinajstić information content (AvgIpc) is 2.76. The van der Waals surface area contributed by atoms with Crippen LogP contribution in [0.25, 0.3) is 0 Å². The van der Waals surface area contributed by atoms with E-state index in [1.165, 1.54) is 0 Å². The highest BCUT2D eigenvalue weighted by molar-refractivity contribution is 7.52. The Morgan fingerprint density at radius 2 is 2.15 bits per heavy atom. The number of methoxy groups -OCH3 is 1. The molecule has 0 radical (unpaired) electrons. The molecular formula is C8H15N4O7P. The maximum absolute atomic E-state index is 11.1. The van der Waals surface area contributed by atoms with Crippen molar-refractivity contribution in [2.75, 3.05) is 7.11 Å². The first kappa shape index (κ1) is 16.7. The second-order valence-corrected chi connectivity index (χ2v) is 5.65. The summed E-state index contributed by atoms with van der Waals surface area (Å²) < 4.78 is 16.5. The van der Waals surface area contributed by atoms with Gasteiger partial charge in [-0.3, -0.25) is 9.36 Å². The number of aliphatic hydroxyl groups excluding tert-OH is 2. The highest BCUT2D eigenvalue weighted by Gasteiger charge is 2.39. The van der Waals surface area contributed by atoms with E-state index in [4.69, 9.17) is 15.5 Å². The summed E-state index contributed by atoms with van der Waals surface area (Å²) in [5, 5.41) is 26.2. The molecule has 0 fully saturated rings. The molecular weight excluding hydrogens is 295 g/mol. The van der Waals surface area contributed by atoms with Gasteiger partial charge in [-0.2, -0.15) is 0 Å². The van der Waals surface area contributed by atoms with Crippen LogP contribution in [0.4, 0.5) is 0 Å². The Balaban J connectivity index is 2.76. The van der Waals surface area contributed by atoms with Gasteiger partial charge in [0.25, 0.3) is 5.91 Å². The van der Waals surface area contributed by atoms with Crippen molar-refractivity contribution in [1.29, 1.82) is 0 Å². The van der Waals surface area contributed by atoms with E-state index in [-0.39, 0.29) is 12.2 Å². The third-order valence-corrected chi connectivity index (χ3v) is 3.60. The van der Waals surface area contributed by atoms with Crippen LogP contribution in [0.3, 0.4) is 0 Å². The fraction of sp³-hybridized carbons (Fsp3) is 0.625. The van der Waals surface area contributed by atoms with Crippen LogP contribution in [0.1, 0.15) is 10.5 Å². The molecule has 0 aliphatic rings. The number of rotatable bonds is 7. The lowest BCUT2D eigenvalue weighted by Crippen LogP contribution is -2.40. The van der Waals surface area contributed by atoms with Crippen molar-refractivity contribution in [3.63, 3.8) is 0 Å². The Kier molecular flexibility index (Phi) is 5.34. The largest absolute Gasteiger partial charge is 0.388 e. The van der Waals surface area contributed by atoms with E-state index in [9.17, 15) is 19.6 Å². The van der Waals surface area contributed by atoms with Crippen molar-refractivity contribution >= 4 is 13.5 Å². The quantitative estimate of drug-likeness (QED) is 0.333. The fourth-order valence-electron chi connectivity index (χ4n) is 1.47. The zero-order valence-corrected chi connectivity index (χ0v) is 11.3. The number of carbonyl (C=O) groups excluding carboxylic acids is 1. The molecule has 0 aliphatic heterocycles. The van der Waals surface area contributed by atoms with Gasteiger partial charge in [-0.05, 0) is 0 Å². The molecule has 1 aromatic rings. The van der Waals surface area contributed by atoms with Gasteiger partial charge in [0.05, 0.1) is 12.7 Å². The number of nitrogens with two attached hydrogens (primary N) is 1. The first-order chi connectivity index (χ1) is 9.16. The number of nitrogens with zero attached hydrogens (tertiary/aromatic N) is 3. The van der Waals surface area contributed by atoms with Crippen LogP contribution >= 0.6 is 7.60 Å². The lowest BCUT2D eigenvalue weighted by atomic mass is 10.2. The number of hydrogen-bond acceptors (Lipinski definition) is 7. The molecule has 0 saturated heterocycles. The van der Waals surface area contributed by atoms with E-state index in [0.717, 1.165) is 18.0 Å². The maximum atomic E-state index is 11.1. The van der Waals surface area contributed by atoms with Gasteiger partial charge in [0, 0.05) is 7.11 Å². The van der Waals surface area contributed by atoms with Gasteiger partial charge < -0.3 is 30.5 Å². The summed E-state index contributed by atoms with van der Waals surface area (Å²) >= 11 is 0. The number of hydrogen-bond donors (Lipinski definition) is 5. The summed E-state index contributed by atoms with van der Waals surface area (Å²) in [5.41, 5.74) is 4.81. The Bertz CT molecular complexity index is 515.